The third-order valence-corrected chi connectivity index (χ3v) is 3.15. The predicted molar refractivity (Wildman–Crippen MR) is 48.1 cm³/mol. The van der Waals surface area contributed by atoms with Crippen molar-refractivity contribution < 1.29 is 14.6 Å². The van der Waals surface area contributed by atoms with E-state index in [9.17, 15) is 9.90 Å². The summed E-state index contributed by atoms with van der Waals surface area (Å²) in [6, 6.07) is 0. The Morgan fingerprint density at radius 1 is 1.75 bits per heavy atom. The van der Waals surface area contributed by atoms with Crippen molar-refractivity contribution in [2.45, 2.75) is 30.7 Å². The largest absolute Gasteiger partial charge is 0.464 e. The molecule has 0 spiro atoms. The lowest BCUT2D eigenvalue weighted by atomic mass is 10.2. The van der Waals surface area contributed by atoms with Crippen LogP contribution in [0.15, 0.2) is 0 Å². The Kier molecular flexibility index (Phi) is 3.53. The standard InChI is InChI=1S/C8H13BrO3/c1-2-12-8(11)7(10)6(9)5-3-4-5/h5-7,10H,2-4H2,1H3/t6-,7-/m0/s1. The molecule has 1 N–H and O–H groups in total. The summed E-state index contributed by atoms with van der Waals surface area (Å²) in [5, 5.41) is 9.41. The van der Waals surface area contributed by atoms with E-state index in [4.69, 9.17) is 0 Å². The molecule has 1 fully saturated rings. The van der Waals surface area contributed by atoms with E-state index in [-0.39, 0.29) is 4.83 Å². The highest BCUT2D eigenvalue weighted by atomic mass is 79.9. The van der Waals surface area contributed by atoms with Crippen LogP contribution >= 0.6 is 15.9 Å². The average Bonchev–Trinajstić information content (AvgIpc) is 2.84. The van der Waals surface area contributed by atoms with Gasteiger partial charge in [-0.3, -0.25) is 0 Å². The minimum atomic E-state index is -1.00. The first-order chi connectivity index (χ1) is 5.66. The van der Waals surface area contributed by atoms with Gasteiger partial charge < -0.3 is 9.84 Å². The number of aliphatic hydroxyl groups excluding tert-OH is 1. The van der Waals surface area contributed by atoms with Gasteiger partial charge >= 0.3 is 5.97 Å². The number of esters is 1. The molecule has 4 heteroatoms. The molecule has 0 unspecified atom stereocenters. The Balaban J connectivity index is 2.33. The molecule has 0 aliphatic heterocycles. The Hall–Kier alpha value is -0.0900. The summed E-state index contributed by atoms with van der Waals surface area (Å²) >= 11 is 3.29. The number of alkyl halides is 1. The van der Waals surface area contributed by atoms with Gasteiger partial charge in [0.1, 0.15) is 0 Å². The number of carbonyl (C=O) groups excluding carboxylic acids is 1. The molecular formula is C8H13BrO3. The summed E-state index contributed by atoms with van der Waals surface area (Å²) in [5.74, 6) is -0.0734. The maximum Gasteiger partial charge on any atom is 0.336 e. The van der Waals surface area contributed by atoms with Crippen LogP contribution in [-0.2, 0) is 9.53 Å². The second-order valence-corrected chi connectivity index (χ2v) is 4.04. The van der Waals surface area contributed by atoms with E-state index in [1.54, 1.807) is 6.92 Å². The minimum absolute atomic E-state index is 0.128. The van der Waals surface area contributed by atoms with Gasteiger partial charge in [0, 0.05) is 0 Å². The van der Waals surface area contributed by atoms with Crippen LogP contribution in [0.2, 0.25) is 0 Å². The molecule has 12 heavy (non-hydrogen) atoms. The van der Waals surface area contributed by atoms with Crippen molar-refractivity contribution in [3.8, 4) is 0 Å². The van der Waals surface area contributed by atoms with E-state index in [2.05, 4.69) is 20.7 Å². The quantitative estimate of drug-likeness (QED) is 0.588. The number of hydrogen-bond donors (Lipinski definition) is 1. The molecule has 1 rings (SSSR count). The van der Waals surface area contributed by atoms with Gasteiger partial charge in [-0.1, -0.05) is 15.9 Å². The zero-order valence-corrected chi connectivity index (χ0v) is 8.58. The van der Waals surface area contributed by atoms with Crippen LogP contribution in [-0.4, -0.2) is 28.6 Å². The summed E-state index contributed by atoms with van der Waals surface area (Å²) in [6.45, 7) is 2.05. The highest BCUT2D eigenvalue weighted by molar-refractivity contribution is 9.09. The van der Waals surface area contributed by atoms with E-state index in [1.807, 2.05) is 0 Å². The molecule has 0 saturated heterocycles. The van der Waals surface area contributed by atoms with Crippen LogP contribution in [0.1, 0.15) is 19.8 Å². The molecule has 0 aromatic rings. The van der Waals surface area contributed by atoms with Crippen molar-refractivity contribution in [3.63, 3.8) is 0 Å². The lowest BCUT2D eigenvalue weighted by Gasteiger charge is -2.14. The summed E-state index contributed by atoms with van der Waals surface area (Å²) < 4.78 is 4.68. The molecule has 3 nitrogen and oxygen atoms in total. The van der Waals surface area contributed by atoms with Crippen LogP contribution in [0.3, 0.4) is 0 Å². The van der Waals surface area contributed by atoms with E-state index in [0.29, 0.717) is 12.5 Å². The van der Waals surface area contributed by atoms with E-state index >= 15 is 0 Å². The van der Waals surface area contributed by atoms with Gasteiger partial charge in [-0.05, 0) is 25.7 Å². The summed E-state index contributed by atoms with van der Waals surface area (Å²) in [5.41, 5.74) is 0. The smallest absolute Gasteiger partial charge is 0.336 e. The maximum absolute atomic E-state index is 11.0. The lowest BCUT2D eigenvalue weighted by Crippen LogP contribution is -2.32. The van der Waals surface area contributed by atoms with Gasteiger partial charge in [0.15, 0.2) is 6.10 Å². The summed E-state index contributed by atoms with van der Waals surface area (Å²) in [7, 11) is 0. The normalized spacial score (nSPS) is 21.6. The van der Waals surface area contributed by atoms with Crippen LogP contribution in [0, 0.1) is 5.92 Å². The first-order valence-electron chi connectivity index (χ1n) is 4.15. The topological polar surface area (TPSA) is 46.5 Å². The number of carbonyl (C=O) groups is 1. The van der Waals surface area contributed by atoms with E-state index < -0.39 is 12.1 Å². The van der Waals surface area contributed by atoms with Gasteiger partial charge in [0.05, 0.1) is 11.4 Å². The number of rotatable bonds is 4. The molecule has 0 bridgehead atoms. The molecule has 0 amide bonds. The molecule has 1 saturated carbocycles. The zero-order valence-electron chi connectivity index (χ0n) is 7.00. The highest BCUT2D eigenvalue weighted by Gasteiger charge is 2.37. The van der Waals surface area contributed by atoms with Gasteiger partial charge in [-0.25, -0.2) is 4.79 Å². The maximum atomic E-state index is 11.0. The Morgan fingerprint density at radius 3 is 2.75 bits per heavy atom. The number of hydrogen-bond acceptors (Lipinski definition) is 3. The number of halogens is 1. The average molecular weight is 237 g/mol. The third kappa shape index (κ3) is 2.45. The van der Waals surface area contributed by atoms with Crippen molar-refractivity contribution in [3.05, 3.63) is 0 Å². The zero-order chi connectivity index (χ0) is 9.14. The van der Waals surface area contributed by atoms with Gasteiger partial charge in [-0.2, -0.15) is 0 Å². The first-order valence-corrected chi connectivity index (χ1v) is 5.07. The van der Waals surface area contributed by atoms with Gasteiger partial charge in [-0.15, -0.1) is 0 Å². The number of aliphatic hydroxyl groups is 1. The molecule has 0 aromatic heterocycles. The molecule has 1 aliphatic rings. The van der Waals surface area contributed by atoms with Crippen molar-refractivity contribution in [2.24, 2.45) is 5.92 Å². The van der Waals surface area contributed by atoms with Crippen LogP contribution in [0.5, 0.6) is 0 Å². The molecular weight excluding hydrogens is 224 g/mol. The Labute approximate surface area is 80.2 Å². The van der Waals surface area contributed by atoms with Gasteiger partial charge in [0.2, 0.25) is 0 Å². The molecule has 1 aliphatic carbocycles. The van der Waals surface area contributed by atoms with Crippen molar-refractivity contribution in [1.29, 1.82) is 0 Å². The highest BCUT2D eigenvalue weighted by Crippen LogP contribution is 2.38. The van der Waals surface area contributed by atoms with Crippen molar-refractivity contribution in [2.75, 3.05) is 6.61 Å². The minimum Gasteiger partial charge on any atom is -0.464 e. The monoisotopic (exact) mass is 236 g/mol. The van der Waals surface area contributed by atoms with E-state index in [0.717, 1.165) is 12.8 Å². The second kappa shape index (κ2) is 4.23. The lowest BCUT2D eigenvalue weighted by molar-refractivity contribution is -0.153. The van der Waals surface area contributed by atoms with Crippen molar-refractivity contribution >= 4 is 21.9 Å². The fourth-order valence-corrected chi connectivity index (χ4v) is 1.77. The Morgan fingerprint density at radius 2 is 2.33 bits per heavy atom. The van der Waals surface area contributed by atoms with Crippen LogP contribution in [0.4, 0.5) is 0 Å². The van der Waals surface area contributed by atoms with Crippen LogP contribution < -0.4 is 0 Å². The number of ether oxygens (including phenoxy) is 1. The SMILES string of the molecule is CCOC(=O)[C@@H](O)[C@@H](Br)C1CC1. The second-order valence-electron chi connectivity index (χ2n) is 2.98. The summed E-state index contributed by atoms with van der Waals surface area (Å²) in [4.78, 5) is 10.9. The molecule has 0 heterocycles. The molecule has 70 valence electrons. The predicted octanol–water partition coefficient (Wildman–Crippen LogP) is 1.08. The first kappa shape index (κ1) is 9.99. The van der Waals surface area contributed by atoms with Gasteiger partial charge in [0.25, 0.3) is 0 Å². The van der Waals surface area contributed by atoms with Crippen molar-refractivity contribution in [1.82, 2.24) is 0 Å². The third-order valence-electron chi connectivity index (χ3n) is 1.90. The van der Waals surface area contributed by atoms with Crippen LogP contribution in [0.25, 0.3) is 0 Å². The fourth-order valence-electron chi connectivity index (χ4n) is 1.03. The molecule has 0 aromatic carbocycles. The van der Waals surface area contributed by atoms with E-state index in [1.165, 1.54) is 0 Å². The summed E-state index contributed by atoms with van der Waals surface area (Å²) in [6.07, 6.45) is 1.18. The Bertz CT molecular complexity index is 168. The molecule has 2 atom stereocenters. The molecule has 0 radical (unpaired) electrons. The fraction of sp³-hybridized carbons (Fsp3) is 0.875.